The molecule has 0 aliphatic carbocycles. The number of alkyl halides is 2. The molecule has 0 aliphatic heterocycles. The number of aryl methyl sites for hydroxylation is 2. The van der Waals surface area contributed by atoms with Gasteiger partial charge in [0.2, 0.25) is 0 Å². The third-order valence-electron chi connectivity index (χ3n) is 3.49. The number of benzene rings is 1. The van der Waals surface area contributed by atoms with E-state index in [2.05, 4.69) is 15.4 Å². The molecule has 0 fully saturated rings. The quantitative estimate of drug-likeness (QED) is 0.728. The molecule has 1 amide bonds. The van der Waals surface area contributed by atoms with Crippen molar-refractivity contribution in [2.75, 3.05) is 6.54 Å². The lowest BCUT2D eigenvalue weighted by Crippen LogP contribution is -2.30. The van der Waals surface area contributed by atoms with Crippen LogP contribution in [0.15, 0.2) is 24.4 Å². The van der Waals surface area contributed by atoms with Crippen LogP contribution in [-0.2, 0) is 13.7 Å². The van der Waals surface area contributed by atoms with Crippen molar-refractivity contribution in [3.8, 4) is 5.75 Å². The minimum atomic E-state index is -2.61. The summed E-state index contributed by atoms with van der Waals surface area (Å²) in [4.78, 5) is 17.3. The van der Waals surface area contributed by atoms with Gasteiger partial charge < -0.3 is 10.1 Å². The van der Waals surface area contributed by atoms with Gasteiger partial charge in [0, 0.05) is 18.6 Å². The lowest BCUT2D eigenvalue weighted by atomic mass is 10.2. The van der Waals surface area contributed by atoms with E-state index in [0.717, 1.165) is 9.88 Å². The summed E-state index contributed by atoms with van der Waals surface area (Å²) >= 11 is 1.54. The van der Waals surface area contributed by atoms with Crippen LogP contribution in [0.4, 0.5) is 8.78 Å². The predicted octanol–water partition coefficient (Wildman–Crippen LogP) is 2.91. The first-order valence-corrected chi connectivity index (χ1v) is 8.33. The summed E-state index contributed by atoms with van der Waals surface area (Å²) in [5.74, 6) is -0.0324. The van der Waals surface area contributed by atoms with Crippen molar-refractivity contribution in [1.82, 2.24) is 20.1 Å². The number of hydrogen-bond donors (Lipinski definition) is 1. The van der Waals surface area contributed by atoms with Gasteiger partial charge in [-0.15, -0.1) is 11.3 Å². The molecule has 0 saturated heterocycles. The zero-order chi connectivity index (χ0) is 18.0. The summed E-state index contributed by atoms with van der Waals surface area (Å²) in [5, 5.41) is 7.94. The topological polar surface area (TPSA) is 69.0 Å². The average molecular weight is 366 g/mol. The lowest BCUT2D eigenvalue weighted by molar-refractivity contribution is 0.0884. The van der Waals surface area contributed by atoms with Crippen LogP contribution >= 0.6 is 11.3 Å². The maximum absolute atomic E-state index is 12.3. The van der Waals surface area contributed by atoms with Crippen molar-refractivity contribution in [3.05, 3.63) is 40.0 Å². The Hall–Kier alpha value is -2.55. The summed E-state index contributed by atoms with van der Waals surface area (Å²) in [6.45, 7) is 1.58. The summed E-state index contributed by atoms with van der Waals surface area (Å²) in [7, 11) is 1.60. The Labute approximate surface area is 146 Å². The molecule has 0 unspecified atom stereocenters. The molecule has 6 nitrogen and oxygen atoms in total. The van der Waals surface area contributed by atoms with Crippen molar-refractivity contribution in [2.24, 2.45) is 7.05 Å². The molecule has 0 bridgehead atoms. The van der Waals surface area contributed by atoms with Crippen LogP contribution in [0.3, 0.4) is 0 Å². The van der Waals surface area contributed by atoms with Gasteiger partial charge in [0.25, 0.3) is 12.3 Å². The van der Waals surface area contributed by atoms with Crippen LogP contribution in [-0.4, -0.2) is 33.6 Å². The zero-order valence-corrected chi connectivity index (χ0v) is 14.4. The number of nitrogens with zero attached hydrogens (tertiary/aromatic N) is 3. The molecule has 3 aromatic rings. The van der Waals surface area contributed by atoms with E-state index < -0.39 is 18.9 Å². The third-order valence-corrected chi connectivity index (χ3v) is 4.37. The first-order chi connectivity index (χ1) is 11.9. The lowest BCUT2D eigenvalue weighted by Gasteiger charge is -2.06. The molecule has 9 heteroatoms. The second-order valence-electron chi connectivity index (χ2n) is 5.39. The van der Waals surface area contributed by atoms with E-state index in [9.17, 15) is 13.6 Å². The number of ether oxygens (including phenoxy) is 1. The molecule has 0 spiro atoms. The fraction of sp³-hybridized carbons (Fsp3) is 0.312. The maximum Gasteiger partial charge on any atom is 0.270 e. The molecule has 2 aromatic heterocycles. The Bertz CT molecular complexity index is 907. The monoisotopic (exact) mass is 366 g/mol. The van der Waals surface area contributed by atoms with Gasteiger partial charge in [0.1, 0.15) is 18.1 Å². The van der Waals surface area contributed by atoms with E-state index in [1.807, 2.05) is 6.92 Å². The number of amides is 1. The summed E-state index contributed by atoms with van der Waals surface area (Å²) in [6, 6.07) is 5.17. The highest BCUT2D eigenvalue weighted by Gasteiger charge is 2.18. The van der Waals surface area contributed by atoms with Gasteiger partial charge in [-0.2, -0.15) is 5.10 Å². The number of thiazole rings is 1. The Balaban J connectivity index is 1.82. The van der Waals surface area contributed by atoms with Crippen LogP contribution < -0.4 is 10.1 Å². The second-order valence-corrected chi connectivity index (χ2v) is 6.71. The molecule has 2 heterocycles. The molecular weight excluding hydrogens is 350 g/mol. The van der Waals surface area contributed by atoms with Gasteiger partial charge in [0.05, 0.1) is 21.9 Å². The fourth-order valence-corrected chi connectivity index (χ4v) is 3.13. The predicted molar refractivity (Wildman–Crippen MR) is 90.2 cm³/mol. The molecule has 0 saturated carbocycles. The van der Waals surface area contributed by atoms with Crippen LogP contribution in [0, 0.1) is 6.92 Å². The summed E-state index contributed by atoms with van der Waals surface area (Å²) in [6.07, 6.45) is -0.851. The molecule has 0 atom stereocenters. The van der Waals surface area contributed by atoms with Crippen LogP contribution in [0.5, 0.6) is 5.75 Å². The van der Waals surface area contributed by atoms with Gasteiger partial charge in [0.15, 0.2) is 0 Å². The number of rotatable bonds is 6. The smallest absolute Gasteiger partial charge is 0.270 e. The number of carbonyl (C=O) groups excluding carboxylic acids is 1. The van der Waals surface area contributed by atoms with Gasteiger partial charge in [-0.05, 0) is 25.1 Å². The highest BCUT2D eigenvalue weighted by Crippen LogP contribution is 2.25. The number of halogens is 2. The van der Waals surface area contributed by atoms with Crippen LogP contribution in [0.25, 0.3) is 10.9 Å². The van der Waals surface area contributed by atoms with Crippen molar-refractivity contribution < 1.29 is 18.3 Å². The molecular formula is C16H16F2N4O2S. The number of fused-ring (bicyclic) bond motifs is 1. The van der Waals surface area contributed by atoms with Crippen molar-refractivity contribution >= 4 is 28.1 Å². The molecule has 132 valence electrons. The fourth-order valence-electron chi connectivity index (χ4n) is 2.42. The number of nitrogens with one attached hydrogen (secondary N) is 1. The largest absolute Gasteiger partial charge is 0.488 e. The van der Waals surface area contributed by atoms with Gasteiger partial charge in [-0.3, -0.25) is 9.48 Å². The van der Waals surface area contributed by atoms with E-state index in [1.165, 1.54) is 4.68 Å². The average Bonchev–Trinajstić information content (AvgIpc) is 3.12. The minimum absolute atomic E-state index is 0.217. The van der Waals surface area contributed by atoms with Gasteiger partial charge >= 0.3 is 0 Å². The van der Waals surface area contributed by atoms with E-state index in [1.54, 1.807) is 42.8 Å². The van der Waals surface area contributed by atoms with Crippen molar-refractivity contribution in [1.29, 1.82) is 0 Å². The van der Waals surface area contributed by atoms with Crippen LogP contribution in [0.1, 0.15) is 20.4 Å². The molecule has 1 N–H and O–H groups in total. The number of hydrogen-bond acceptors (Lipinski definition) is 5. The second kappa shape index (κ2) is 7.14. The molecule has 1 aromatic carbocycles. The van der Waals surface area contributed by atoms with E-state index in [-0.39, 0.29) is 5.69 Å². The van der Waals surface area contributed by atoms with Crippen LogP contribution in [0.2, 0.25) is 0 Å². The Morgan fingerprint density at radius 3 is 2.92 bits per heavy atom. The number of carbonyl (C=O) groups is 1. The summed E-state index contributed by atoms with van der Waals surface area (Å²) < 4.78 is 31.7. The van der Waals surface area contributed by atoms with Gasteiger partial charge in [-0.1, -0.05) is 0 Å². The highest BCUT2D eigenvalue weighted by atomic mass is 32.1. The Morgan fingerprint density at radius 2 is 2.24 bits per heavy atom. The van der Waals surface area contributed by atoms with Gasteiger partial charge in [-0.25, -0.2) is 13.8 Å². The molecule has 3 rings (SSSR count). The summed E-state index contributed by atoms with van der Waals surface area (Å²) in [5.41, 5.74) is 0.806. The first kappa shape index (κ1) is 17.3. The first-order valence-electron chi connectivity index (χ1n) is 7.51. The Kier molecular flexibility index (Phi) is 4.93. The standard InChI is InChI=1S/C16H16F2N4O2S/c1-9-19-6-11(25-9)8-24-10-3-4-13-12(5-10)15(22(2)21-13)16(23)20-7-14(17)18/h3-6,14H,7-8H2,1-2H3,(H,20,23). The van der Waals surface area contributed by atoms with E-state index in [0.29, 0.717) is 23.3 Å². The van der Waals surface area contributed by atoms with E-state index in [4.69, 9.17) is 4.74 Å². The van der Waals surface area contributed by atoms with Crippen molar-refractivity contribution in [2.45, 2.75) is 20.0 Å². The molecule has 0 aliphatic rings. The van der Waals surface area contributed by atoms with Crippen molar-refractivity contribution in [3.63, 3.8) is 0 Å². The maximum atomic E-state index is 12.3. The highest BCUT2D eigenvalue weighted by molar-refractivity contribution is 7.11. The minimum Gasteiger partial charge on any atom is -0.488 e. The van der Waals surface area contributed by atoms with E-state index >= 15 is 0 Å². The normalized spacial score (nSPS) is 11.2. The third kappa shape index (κ3) is 3.93. The Morgan fingerprint density at radius 1 is 1.44 bits per heavy atom. The number of aromatic nitrogens is 3. The SMILES string of the molecule is Cc1ncc(COc2ccc3nn(C)c(C(=O)NCC(F)F)c3c2)s1. The molecule has 25 heavy (non-hydrogen) atoms. The molecule has 0 radical (unpaired) electrons. The zero-order valence-electron chi connectivity index (χ0n) is 13.6.